The van der Waals surface area contributed by atoms with Crippen molar-refractivity contribution in [2.75, 3.05) is 18.0 Å². The first-order valence-corrected chi connectivity index (χ1v) is 7.35. The van der Waals surface area contributed by atoms with E-state index in [-0.39, 0.29) is 0 Å². The fraction of sp³-hybridized carbons (Fsp3) is 0.312. The van der Waals surface area contributed by atoms with Gasteiger partial charge in [-0.2, -0.15) is 5.10 Å². The molecule has 0 N–H and O–H groups in total. The molecule has 1 aliphatic heterocycles. The Bertz CT molecular complexity index is 729. The molecule has 1 saturated heterocycles. The van der Waals surface area contributed by atoms with Gasteiger partial charge in [0.1, 0.15) is 18.5 Å². The van der Waals surface area contributed by atoms with Crippen LogP contribution in [0.4, 0.5) is 5.82 Å². The average Bonchev–Trinajstić information content (AvgIpc) is 3.09. The number of hydrogen-bond donors (Lipinski definition) is 0. The zero-order valence-electron chi connectivity index (χ0n) is 11.8. The summed E-state index contributed by atoms with van der Waals surface area (Å²) >= 11 is 0. The summed E-state index contributed by atoms with van der Waals surface area (Å²) in [6.07, 6.45) is 5.58. The van der Waals surface area contributed by atoms with Gasteiger partial charge in [-0.1, -0.05) is 18.2 Å². The van der Waals surface area contributed by atoms with Crippen molar-refractivity contribution in [3.63, 3.8) is 0 Å². The summed E-state index contributed by atoms with van der Waals surface area (Å²) in [6, 6.07) is 13.0. The van der Waals surface area contributed by atoms with E-state index in [2.05, 4.69) is 39.2 Å². The second-order valence-electron chi connectivity index (χ2n) is 5.46. The SMILES string of the molecule is c1ccc2nc(N3CCC(n4cncn4)CC3)ccc2c1. The normalized spacial score (nSPS) is 16.5. The Labute approximate surface area is 123 Å². The highest BCUT2D eigenvalue weighted by atomic mass is 15.3. The highest BCUT2D eigenvalue weighted by Crippen LogP contribution is 2.25. The Balaban J connectivity index is 1.52. The summed E-state index contributed by atoms with van der Waals surface area (Å²) < 4.78 is 1.98. The van der Waals surface area contributed by atoms with E-state index < -0.39 is 0 Å². The predicted octanol–water partition coefficient (Wildman–Crippen LogP) is 2.67. The Morgan fingerprint density at radius 2 is 1.86 bits per heavy atom. The molecule has 2 aromatic heterocycles. The third-order valence-corrected chi connectivity index (χ3v) is 4.18. The van der Waals surface area contributed by atoms with Gasteiger partial charge < -0.3 is 4.90 Å². The molecule has 0 radical (unpaired) electrons. The smallest absolute Gasteiger partial charge is 0.137 e. The molecule has 0 spiro atoms. The number of rotatable bonds is 2. The summed E-state index contributed by atoms with van der Waals surface area (Å²) in [4.78, 5) is 11.2. The van der Waals surface area contributed by atoms with Gasteiger partial charge in [0.05, 0.1) is 11.6 Å². The van der Waals surface area contributed by atoms with Crippen LogP contribution in [0, 0.1) is 0 Å². The maximum absolute atomic E-state index is 4.78. The molecular formula is C16H17N5. The molecule has 5 nitrogen and oxygen atoms in total. The maximum Gasteiger partial charge on any atom is 0.137 e. The monoisotopic (exact) mass is 279 g/mol. The Morgan fingerprint density at radius 1 is 1.00 bits per heavy atom. The highest BCUT2D eigenvalue weighted by molar-refractivity contribution is 5.80. The molecule has 0 aliphatic carbocycles. The molecule has 5 heteroatoms. The lowest BCUT2D eigenvalue weighted by Gasteiger charge is -2.32. The van der Waals surface area contributed by atoms with E-state index in [9.17, 15) is 0 Å². The lowest BCUT2D eigenvalue weighted by Crippen LogP contribution is -2.35. The van der Waals surface area contributed by atoms with Gasteiger partial charge in [-0.05, 0) is 31.0 Å². The minimum absolute atomic E-state index is 0.462. The van der Waals surface area contributed by atoms with Gasteiger partial charge in [0.2, 0.25) is 0 Å². The van der Waals surface area contributed by atoms with Gasteiger partial charge in [-0.15, -0.1) is 0 Å². The van der Waals surface area contributed by atoms with Crippen molar-refractivity contribution in [3.05, 3.63) is 49.1 Å². The van der Waals surface area contributed by atoms with Crippen LogP contribution in [-0.2, 0) is 0 Å². The van der Waals surface area contributed by atoms with Crippen molar-refractivity contribution < 1.29 is 0 Å². The first-order valence-electron chi connectivity index (χ1n) is 7.35. The van der Waals surface area contributed by atoms with Gasteiger partial charge in [0.25, 0.3) is 0 Å². The number of anilines is 1. The zero-order valence-corrected chi connectivity index (χ0v) is 11.8. The summed E-state index contributed by atoms with van der Waals surface area (Å²) in [7, 11) is 0. The van der Waals surface area contributed by atoms with Crippen molar-refractivity contribution in [2.24, 2.45) is 0 Å². The predicted molar refractivity (Wildman–Crippen MR) is 82.2 cm³/mol. The van der Waals surface area contributed by atoms with E-state index in [0.29, 0.717) is 6.04 Å². The first-order chi connectivity index (χ1) is 10.4. The number of hydrogen-bond acceptors (Lipinski definition) is 4. The third kappa shape index (κ3) is 2.35. The van der Waals surface area contributed by atoms with Crippen LogP contribution in [0.25, 0.3) is 10.9 Å². The molecule has 0 saturated carbocycles. The molecule has 1 fully saturated rings. The maximum atomic E-state index is 4.78. The topological polar surface area (TPSA) is 46.8 Å². The quantitative estimate of drug-likeness (QED) is 0.723. The number of para-hydroxylation sites is 1. The zero-order chi connectivity index (χ0) is 14.1. The molecule has 21 heavy (non-hydrogen) atoms. The van der Waals surface area contributed by atoms with E-state index in [4.69, 9.17) is 4.98 Å². The molecule has 3 heterocycles. The van der Waals surface area contributed by atoms with Crippen LogP contribution in [0.15, 0.2) is 49.1 Å². The largest absolute Gasteiger partial charge is 0.356 e. The Morgan fingerprint density at radius 3 is 2.67 bits per heavy atom. The average molecular weight is 279 g/mol. The van der Waals surface area contributed by atoms with Crippen molar-refractivity contribution in [1.82, 2.24) is 19.7 Å². The van der Waals surface area contributed by atoms with E-state index in [1.54, 1.807) is 6.33 Å². The number of aromatic nitrogens is 4. The molecule has 0 unspecified atom stereocenters. The van der Waals surface area contributed by atoms with Gasteiger partial charge >= 0.3 is 0 Å². The number of fused-ring (bicyclic) bond motifs is 1. The summed E-state index contributed by atoms with van der Waals surface area (Å²) in [5, 5.41) is 5.44. The molecule has 1 aliphatic rings. The van der Waals surface area contributed by atoms with Crippen LogP contribution in [-0.4, -0.2) is 32.8 Å². The molecule has 0 amide bonds. The van der Waals surface area contributed by atoms with Gasteiger partial charge in [0, 0.05) is 18.5 Å². The molecule has 106 valence electrons. The second-order valence-corrected chi connectivity index (χ2v) is 5.46. The summed E-state index contributed by atoms with van der Waals surface area (Å²) in [6.45, 7) is 2.02. The van der Waals surface area contributed by atoms with Gasteiger partial charge in [-0.3, -0.25) is 0 Å². The lowest BCUT2D eigenvalue weighted by atomic mass is 10.1. The third-order valence-electron chi connectivity index (χ3n) is 4.18. The van der Waals surface area contributed by atoms with Crippen molar-refractivity contribution in [2.45, 2.75) is 18.9 Å². The Kier molecular flexibility index (Phi) is 3.03. The van der Waals surface area contributed by atoms with Gasteiger partial charge in [0.15, 0.2) is 0 Å². The van der Waals surface area contributed by atoms with E-state index >= 15 is 0 Å². The number of nitrogens with zero attached hydrogens (tertiary/aromatic N) is 5. The minimum Gasteiger partial charge on any atom is -0.356 e. The van der Waals surface area contributed by atoms with Crippen LogP contribution >= 0.6 is 0 Å². The highest BCUT2D eigenvalue weighted by Gasteiger charge is 2.21. The number of piperidine rings is 1. The van der Waals surface area contributed by atoms with Crippen LogP contribution in [0.5, 0.6) is 0 Å². The number of benzene rings is 1. The summed E-state index contributed by atoms with van der Waals surface area (Å²) in [5.41, 5.74) is 1.06. The molecule has 0 atom stereocenters. The van der Waals surface area contributed by atoms with E-state index in [1.165, 1.54) is 5.39 Å². The number of pyridine rings is 1. The summed E-state index contributed by atoms with van der Waals surface area (Å²) in [5.74, 6) is 1.07. The minimum atomic E-state index is 0.462. The van der Waals surface area contributed by atoms with E-state index in [0.717, 1.165) is 37.3 Å². The molecule has 3 aromatic rings. The fourth-order valence-corrected chi connectivity index (χ4v) is 3.00. The van der Waals surface area contributed by atoms with Crippen LogP contribution in [0.2, 0.25) is 0 Å². The van der Waals surface area contributed by atoms with Crippen molar-refractivity contribution in [3.8, 4) is 0 Å². The van der Waals surface area contributed by atoms with Gasteiger partial charge in [-0.25, -0.2) is 14.6 Å². The van der Waals surface area contributed by atoms with Crippen molar-refractivity contribution >= 4 is 16.7 Å². The van der Waals surface area contributed by atoms with Crippen LogP contribution in [0.3, 0.4) is 0 Å². The second kappa shape index (κ2) is 5.16. The fourth-order valence-electron chi connectivity index (χ4n) is 3.00. The molecule has 4 rings (SSSR count). The molecule has 0 bridgehead atoms. The van der Waals surface area contributed by atoms with E-state index in [1.807, 2.05) is 23.1 Å². The standard InChI is InChI=1S/C16H17N5/c1-2-4-15-13(3-1)5-6-16(19-15)20-9-7-14(8-10-20)21-12-17-11-18-21/h1-6,11-12,14H,7-10H2. The van der Waals surface area contributed by atoms with Crippen molar-refractivity contribution in [1.29, 1.82) is 0 Å². The lowest BCUT2D eigenvalue weighted by molar-refractivity contribution is 0.365. The molecule has 1 aromatic carbocycles. The van der Waals surface area contributed by atoms with Crippen LogP contribution < -0.4 is 4.90 Å². The first kappa shape index (κ1) is 12.3. The Hall–Kier alpha value is -2.43. The molecular weight excluding hydrogens is 262 g/mol. The van der Waals surface area contributed by atoms with Crippen LogP contribution in [0.1, 0.15) is 18.9 Å².